The van der Waals surface area contributed by atoms with Gasteiger partial charge in [-0.2, -0.15) is 0 Å². The topological polar surface area (TPSA) is 45.7 Å². The smallest absolute Gasteiger partial charge is 0.232 e. The van der Waals surface area contributed by atoms with Crippen molar-refractivity contribution >= 4 is 45.0 Å². The number of halogens is 3. The molecule has 5 nitrogen and oxygen atoms in total. The number of benzene rings is 2. The molecule has 0 unspecified atom stereocenters. The number of thiazole rings is 1. The van der Waals surface area contributed by atoms with E-state index in [4.69, 9.17) is 4.74 Å². The van der Waals surface area contributed by atoms with Crippen molar-refractivity contribution in [2.45, 2.75) is 12.8 Å². The number of nitrogens with zero attached hydrogens (tertiary/aromatic N) is 3. The SMILES string of the molecule is CN(C)CCCN(C(=O)CCOc1ccccc1)c1nc2c(F)cc(F)cc2s1.Cl. The van der Waals surface area contributed by atoms with Crippen LogP contribution in [0.2, 0.25) is 0 Å². The van der Waals surface area contributed by atoms with Crippen LogP contribution >= 0.6 is 23.7 Å². The van der Waals surface area contributed by atoms with Gasteiger partial charge in [-0.3, -0.25) is 9.69 Å². The van der Waals surface area contributed by atoms with Gasteiger partial charge in [-0.15, -0.1) is 12.4 Å². The number of carbonyl (C=O) groups excluding carboxylic acids is 1. The van der Waals surface area contributed by atoms with E-state index >= 15 is 0 Å². The van der Waals surface area contributed by atoms with Crippen molar-refractivity contribution in [2.75, 3.05) is 38.7 Å². The molecule has 2 aromatic carbocycles. The summed E-state index contributed by atoms with van der Waals surface area (Å²) in [5.41, 5.74) is 0.0809. The fraction of sp³-hybridized carbons (Fsp3) is 0.333. The summed E-state index contributed by atoms with van der Waals surface area (Å²) >= 11 is 1.11. The van der Waals surface area contributed by atoms with Crippen LogP contribution < -0.4 is 9.64 Å². The number of ether oxygens (including phenoxy) is 1. The lowest BCUT2D eigenvalue weighted by molar-refractivity contribution is -0.119. The summed E-state index contributed by atoms with van der Waals surface area (Å²) in [6.45, 7) is 1.45. The molecule has 1 heterocycles. The van der Waals surface area contributed by atoms with Gasteiger partial charge in [-0.1, -0.05) is 29.5 Å². The van der Waals surface area contributed by atoms with E-state index in [0.29, 0.717) is 22.1 Å². The van der Waals surface area contributed by atoms with Crippen LogP contribution in [0.15, 0.2) is 42.5 Å². The van der Waals surface area contributed by atoms with Gasteiger partial charge in [-0.05, 0) is 45.3 Å². The Bertz CT molecular complexity index is 970. The van der Waals surface area contributed by atoms with Gasteiger partial charge in [0.05, 0.1) is 17.7 Å². The van der Waals surface area contributed by atoms with Crippen molar-refractivity contribution in [1.82, 2.24) is 9.88 Å². The van der Waals surface area contributed by atoms with Crippen LogP contribution in [0.3, 0.4) is 0 Å². The van der Waals surface area contributed by atoms with Gasteiger partial charge in [0.2, 0.25) is 5.91 Å². The van der Waals surface area contributed by atoms with Crippen LogP contribution in [0.5, 0.6) is 5.75 Å². The fourth-order valence-corrected chi connectivity index (χ4v) is 3.89. The van der Waals surface area contributed by atoms with Crippen molar-refractivity contribution in [2.24, 2.45) is 0 Å². The summed E-state index contributed by atoms with van der Waals surface area (Å²) in [5, 5.41) is 0.368. The van der Waals surface area contributed by atoms with Gasteiger partial charge in [0.15, 0.2) is 10.9 Å². The molecule has 3 rings (SSSR count). The first kappa shape index (κ1) is 24.0. The molecule has 0 radical (unpaired) electrons. The zero-order valence-electron chi connectivity index (χ0n) is 16.8. The normalized spacial score (nSPS) is 10.8. The number of amides is 1. The lowest BCUT2D eigenvalue weighted by Crippen LogP contribution is -2.34. The molecule has 1 amide bonds. The summed E-state index contributed by atoms with van der Waals surface area (Å²) in [4.78, 5) is 20.7. The van der Waals surface area contributed by atoms with E-state index < -0.39 is 11.6 Å². The minimum Gasteiger partial charge on any atom is -0.493 e. The molecule has 162 valence electrons. The molecule has 0 aliphatic carbocycles. The number of para-hydroxylation sites is 1. The van der Waals surface area contributed by atoms with Crippen LogP contribution in [0.1, 0.15) is 12.8 Å². The Morgan fingerprint density at radius 1 is 1.13 bits per heavy atom. The molecule has 9 heteroatoms. The molecule has 0 bridgehead atoms. The quantitative estimate of drug-likeness (QED) is 0.467. The average Bonchev–Trinajstić information content (AvgIpc) is 3.09. The maximum Gasteiger partial charge on any atom is 0.232 e. The zero-order valence-corrected chi connectivity index (χ0v) is 18.4. The molecule has 0 fully saturated rings. The van der Waals surface area contributed by atoms with Gasteiger partial charge < -0.3 is 9.64 Å². The van der Waals surface area contributed by atoms with Crippen molar-refractivity contribution in [1.29, 1.82) is 0 Å². The first-order chi connectivity index (χ1) is 13.9. The molecular weight excluding hydrogens is 432 g/mol. The Hall–Kier alpha value is -2.29. The highest BCUT2D eigenvalue weighted by molar-refractivity contribution is 7.22. The lowest BCUT2D eigenvalue weighted by Gasteiger charge is -2.21. The largest absolute Gasteiger partial charge is 0.493 e. The van der Waals surface area contributed by atoms with Gasteiger partial charge >= 0.3 is 0 Å². The summed E-state index contributed by atoms with van der Waals surface area (Å²) < 4.78 is 33.6. The lowest BCUT2D eigenvalue weighted by atomic mass is 10.3. The maximum absolute atomic E-state index is 14.0. The molecule has 0 N–H and O–H groups in total. The Morgan fingerprint density at radius 3 is 2.57 bits per heavy atom. The number of rotatable bonds is 9. The van der Waals surface area contributed by atoms with E-state index in [1.165, 1.54) is 6.07 Å². The van der Waals surface area contributed by atoms with E-state index in [1.807, 2.05) is 49.3 Å². The molecule has 1 aromatic heterocycles. The summed E-state index contributed by atoms with van der Waals surface area (Å²) in [6.07, 6.45) is 0.884. The van der Waals surface area contributed by atoms with Crippen molar-refractivity contribution in [3.05, 3.63) is 54.1 Å². The van der Waals surface area contributed by atoms with Crippen LogP contribution in [-0.4, -0.2) is 49.6 Å². The molecule has 0 aliphatic rings. The second kappa shape index (κ2) is 11.2. The Balaban J connectivity index is 0.00000320. The number of fused-ring (bicyclic) bond motifs is 1. The summed E-state index contributed by atoms with van der Waals surface area (Å²) in [7, 11) is 3.91. The van der Waals surface area contributed by atoms with Crippen molar-refractivity contribution < 1.29 is 18.3 Å². The van der Waals surface area contributed by atoms with E-state index in [-0.39, 0.29) is 36.9 Å². The summed E-state index contributed by atoms with van der Waals surface area (Å²) in [6, 6.07) is 11.3. The molecular formula is C21H24ClF2N3O2S. The number of hydrogen-bond acceptors (Lipinski definition) is 5. The third-order valence-electron chi connectivity index (χ3n) is 4.25. The molecule has 0 saturated heterocycles. The highest BCUT2D eigenvalue weighted by Gasteiger charge is 2.21. The third-order valence-corrected chi connectivity index (χ3v) is 5.27. The minimum absolute atomic E-state index is 0. The predicted octanol–water partition coefficient (Wildman–Crippen LogP) is 4.75. The van der Waals surface area contributed by atoms with E-state index in [9.17, 15) is 13.6 Å². The highest BCUT2D eigenvalue weighted by Crippen LogP contribution is 2.31. The van der Waals surface area contributed by atoms with Crippen LogP contribution in [0, 0.1) is 11.6 Å². The Labute approximate surface area is 184 Å². The third kappa shape index (κ3) is 6.35. The number of hydrogen-bond donors (Lipinski definition) is 0. The van der Waals surface area contributed by atoms with Crippen LogP contribution in [-0.2, 0) is 4.79 Å². The number of anilines is 1. The summed E-state index contributed by atoms with van der Waals surface area (Å²) in [5.74, 6) is -0.862. The van der Waals surface area contributed by atoms with Gasteiger partial charge in [0, 0.05) is 12.6 Å². The number of aromatic nitrogens is 1. The first-order valence-electron chi connectivity index (χ1n) is 9.32. The minimum atomic E-state index is -0.726. The standard InChI is InChI=1S/C21H23F2N3O2S.ClH/c1-25(2)10-6-11-26(19(27)9-12-28-16-7-4-3-5-8-16)21-24-20-17(23)13-15(22)14-18(20)29-21;/h3-5,7-8,13-14H,6,9-12H2,1-2H3;1H. The van der Waals surface area contributed by atoms with E-state index in [2.05, 4.69) is 4.98 Å². The molecule has 3 aromatic rings. The monoisotopic (exact) mass is 455 g/mol. The van der Waals surface area contributed by atoms with Crippen molar-refractivity contribution in [3.8, 4) is 5.75 Å². The van der Waals surface area contributed by atoms with Gasteiger partial charge in [0.25, 0.3) is 0 Å². The average molecular weight is 456 g/mol. The van der Waals surface area contributed by atoms with Crippen molar-refractivity contribution in [3.63, 3.8) is 0 Å². The second-order valence-corrected chi connectivity index (χ2v) is 7.85. The first-order valence-corrected chi connectivity index (χ1v) is 10.1. The van der Waals surface area contributed by atoms with Gasteiger partial charge in [-0.25, -0.2) is 13.8 Å². The molecule has 30 heavy (non-hydrogen) atoms. The highest BCUT2D eigenvalue weighted by atomic mass is 35.5. The number of carbonyl (C=O) groups is 1. The zero-order chi connectivity index (χ0) is 20.8. The van der Waals surface area contributed by atoms with Crippen LogP contribution in [0.25, 0.3) is 10.2 Å². The van der Waals surface area contributed by atoms with E-state index in [0.717, 1.165) is 30.4 Å². The van der Waals surface area contributed by atoms with Crippen LogP contribution in [0.4, 0.5) is 13.9 Å². The predicted molar refractivity (Wildman–Crippen MR) is 119 cm³/mol. The Kier molecular flexibility index (Phi) is 8.95. The fourth-order valence-electron chi connectivity index (χ4n) is 2.84. The molecule has 0 aliphatic heterocycles. The van der Waals surface area contributed by atoms with E-state index in [1.54, 1.807) is 4.90 Å². The molecule has 0 spiro atoms. The van der Waals surface area contributed by atoms with Gasteiger partial charge in [0.1, 0.15) is 17.1 Å². The Morgan fingerprint density at radius 2 is 1.87 bits per heavy atom. The molecule has 0 atom stereocenters. The molecule has 0 saturated carbocycles. The maximum atomic E-state index is 14.0. The second-order valence-electron chi connectivity index (χ2n) is 6.84.